The second-order valence-electron chi connectivity index (χ2n) is 6.42. The van der Waals surface area contributed by atoms with Gasteiger partial charge in [0, 0.05) is 9.79 Å². The summed E-state index contributed by atoms with van der Waals surface area (Å²) in [6.45, 7) is 2.07. The molecule has 4 rings (SSSR count). The number of rotatable bonds is 5. The monoisotopic (exact) mass is 468 g/mol. The molecule has 2 amide bonds. The van der Waals surface area contributed by atoms with Crippen LogP contribution in [-0.4, -0.2) is 21.1 Å². The van der Waals surface area contributed by atoms with Crippen LogP contribution in [0.25, 0.3) is 6.08 Å². The number of amides is 2. The van der Waals surface area contributed by atoms with E-state index in [0.717, 1.165) is 15.5 Å². The van der Waals surface area contributed by atoms with Gasteiger partial charge in [-0.1, -0.05) is 59.4 Å². The molecule has 0 atom stereocenters. The van der Waals surface area contributed by atoms with Crippen molar-refractivity contribution >= 4 is 69.3 Å². The molecule has 150 valence electrons. The lowest BCUT2D eigenvalue weighted by atomic mass is 10.2. The number of benzene rings is 2. The van der Waals surface area contributed by atoms with Crippen LogP contribution in [0.3, 0.4) is 0 Å². The highest BCUT2D eigenvalue weighted by Gasteiger charge is 2.33. The minimum Gasteiger partial charge on any atom is -0.266 e. The standard InChI is InChI=1S/C22H16N2O2S4/c1-14-4-8-16(9-5-14)29-17-10-6-15(7-11-17)13-19-21(26)24(22(27)30-19)23-20(25)18-3-2-12-28-18/h2-13H,1H3,(H,23,25)/b19-13-. The molecule has 1 N–H and O–H groups in total. The molecule has 2 aromatic carbocycles. The average molecular weight is 469 g/mol. The molecular formula is C22H16N2O2S4. The second kappa shape index (κ2) is 9.18. The third-order valence-electron chi connectivity index (χ3n) is 4.19. The number of aryl methyl sites for hydroxylation is 1. The molecule has 2 heterocycles. The number of hydrogen-bond donors (Lipinski definition) is 1. The van der Waals surface area contributed by atoms with Gasteiger partial charge >= 0.3 is 0 Å². The van der Waals surface area contributed by atoms with Crippen LogP contribution >= 0.6 is 47.1 Å². The number of carbonyl (C=O) groups excluding carboxylic acids is 2. The molecule has 0 saturated carbocycles. The molecule has 30 heavy (non-hydrogen) atoms. The smallest absolute Gasteiger partial charge is 0.266 e. The Bertz CT molecular complexity index is 1120. The van der Waals surface area contributed by atoms with Gasteiger partial charge in [-0.15, -0.1) is 11.3 Å². The van der Waals surface area contributed by atoms with Crippen molar-refractivity contribution in [2.75, 3.05) is 0 Å². The number of thiophene rings is 1. The van der Waals surface area contributed by atoms with E-state index in [4.69, 9.17) is 12.2 Å². The summed E-state index contributed by atoms with van der Waals surface area (Å²) in [4.78, 5) is 28.2. The lowest BCUT2D eigenvalue weighted by Crippen LogP contribution is -2.44. The molecule has 1 aromatic heterocycles. The maximum Gasteiger partial charge on any atom is 0.285 e. The van der Waals surface area contributed by atoms with Crippen molar-refractivity contribution in [3.63, 3.8) is 0 Å². The summed E-state index contributed by atoms with van der Waals surface area (Å²) in [5.41, 5.74) is 4.72. The van der Waals surface area contributed by atoms with E-state index >= 15 is 0 Å². The van der Waals surface area contributed by atoms with E-state index in [2.05, 4.69) is 36.6 Å². The maximum absolute atomic E-state index is 12.7. The van der Waals surface area contributed by atoms with Crippen LogP contribution in [0.1, 0.15) is 20.8 Å². The van der Waals surface area contributed by atoms with Gasteiger partial charge in [-0.25, -0.2) is 0 Å². The predicted octanol–water partition coefficient (Wildman–Crippen LogP) is 5.75. The molecule has 0 radical (unpaired) electrons. The van der Waals surface area contributed by atoms with Gasteiger partial charge in [-0.2, -0.15) is 5.01 Å². The molecule has 0 aliphatic carbocycles. The molecule has 0 unspecified atom stereocenters. The van der Waals surface area contributed by atoms with E-state index in [9.17, 15) is 9.59 Å². The number of nitrogens with one attached hydrogen (secondary N) is 1. The predicted molar refractivity (Wildman–Crippen MR) is 129 cm³/mol. The van der Waals surface area contributed by atoms with E-state index in [-0.39, 0.29) is 11.8 Å². The topological polar surface area (TPSA) is 49.4 Å². The summed E-state index contributed by atoms with van der Waals surface area (Å²) in [5.74, 6) is -0.673. The van der Waals surface area contributed by atoms with Gasteiger partial charge in [0.1, 0.15) is 0 Å². The molecule has 0 spiro atoms. The Balaban J connectivity index is 1.44. The van der Waals surface area contributed by atoms with Crippen LogP contribution in [0.15, 0.2) is 80.7 Å². The maximum atomic E-state index is 12.7. The largest absolute Gasteiger partial charge is 0.285 e. The summed E-state index contributed by atoms with van der Waals surface area (Å²) < 4.78 is 0.308. The first-order valence-electron chi connectivity index (χ1n) is 8.96. The molecule has 3 aromatic rings. The third kappa shape index (κ3) is 4.84. The van der Waals surface area contributed by atoms with Crippen LogP contribution in [0.5, 0.6) is 0 Å². The Hall–Kier alpha value is -2.39. The molecule has 1 aliphatic heterocycles. The van der Waals surface area contributed by atoms with E-state index in [1.807, 2.05) is 24.3 Å². The zero-order valence-electron chi connectivity index (χ0n) is 15.8. The fourth-order valence-corrected chi connectivity index (χ4v) is 5.26. The van der Waals surface area contributed by atoms with Crippen LogP contribution in [0, 0.1) is 6.92 Å². The van der Waals surface area contributed by atoms with E-state index < -0.39 is 0 Å². The molecule has 8 heteroatoms. The van der Waals surface area contributed by atoms with E-state index in [1.165, 1.54) is 33.6 Å². The quantitative estimate of drug-likeness (QED) is 0.381. The highest BCUT2D eigenvalue weighted by Crippen LogP contribution is 2.33. The van der Waals surface area contributed by atoms with Crippen molar-refractivity contribution in [2.45, 2.75) is 16.7 Å². The number of thiocarbonyl (C=S) groups is 1. The average Bonchev–Trinajstić information content (AvgIpc) is 3.36. The Morgan fingerprint density at radius 1 is 1.07 bits per heavy atom. The van der Waals surface area contributed by atoms with Crippen molar-refractivity contribution in [3.05, 3.63) is 87.0 Å². The Kier molecular flexibility index (Phi) is 6.38. The molecule has 1 saturated heterocycles. The molecule has 1 aliphatic rings. The first-order valence-corrected chi connectivity index (χ1v) is 11.9. The first-order chi connectivity index (χ1) is 14.5. The Morgan fingerprint density at radius 2 is 1.73 bits per heavy atom. The van der Waals surface area contributed by atoms with Gasteiger partial charge in [0.05, 0.1) is 9.78 Å². The minimum absolute atomic E-state index is 0.308. The van der Waals surface area contributed by atoms with Gasteiger partial charge in [0.2, 0.25) is 0 Å². The summed E-state index contributed by atoms with van der Waals surface area (Å²) >= 11 is 9.44. The Morgan fingerprint density at radius 3 is 2.37 bits per heavy atom. The lowest BCUT2D eigenvalue weighted by Gasteiger charge is -2.14. The zero-order chi connectivity index (χ0) is 21.1. The van der Waals surface area contributed by atoms with Crippen LogP contribution in [0.2, 0.25) is 0 Å². The van der Waals surface area contributed by atoms with Gasteiger partial charge in [0.25, 0.3) is 11.8 Å². The summed E-state index contributed by atoms with van der Waals surface area (Å²) in [7, 11) is 0. The SMILES string of the molecule is Cc1ccc(Sc2ccc(/C=C3\SC(=S)N(NC(=O)c4cccs4)C3=O)cc2)cc1. The highest BCUT2D eigenvalue weighted by molar-refractivity contribution is 8.26. The lowest BCUT2D eigenvalue weighted by molar-refractivity contribution is -0.123. The Labute approximate surface area is 192 Å². The highest BCUT2D eigenvalue weighted by atomic mass is 32.2. The molecule has 0 bridgehead atoms. The molecule has 1 fully saturated rings. The van der Waals surface area contributed by atoms with Crippen molar-refractivity contribution < 1.29 is 9.59 Å². The number of hydrazine groups is 1. The van der Waals surface area contributed by atoms with Gasteiger partial charge in [0.15, 0.2) is 4.32 Å². The normalized spacial score (nSPS) is 15.1. The number of thioether (sulfide) groups is 1. The molecular weight excluding hydrogens is 453 g/mol. The van der Waals surface area contributed by atoms with Crippen molar-refractivity contribution in [3.8, 4) is 0 Å². The summed E-state index contributed by atoms with van der Waals surface area (Å²) in [6.07, 6.45) is 1.79. The van der Waals surface area contributed by atoms with Gasteiger partial charge < -0.3 is 0 Å². The number of carbonyl (C=O) groups is 2. The second-order valence-corrected chi connectivity index (χ2v) is 10.2. The zero-order valence-corrected chi connectivity index (χ0v) is 19.1. The summed E-state index contributed by atoms with van der Waals surface area (Å²) in [6, 6.07) is 19.8. The van der Waals surface area contributed by atoms with Crippen molar-refractivity contribution in [2.24, 2.45) is 0 Å². The van der Waals surface area contributed by atoms with Crippen LogP contribution < -0.4 is 5.43 Å². The molecule has 4 nitrogen and oxygen atoms in total. The van der Waals surface area contributed by atoms with Gasteiger partial charge in [-0.05, 0) is 66.5 Å². The van der Waals surface area contributed by atoms with Crippen LogP contribution in [0.4, 0.5) is 0 Å². The van der Waals surface area contributed by atoms with E-state index in [0.29, 0.717) is 14.1 Å². The van der Waals surface area contributed by atoms with Crippen LogP contribution in [-0.2, 0) is 4.79 Å². The van der Waals surface area contributed by atoms with Gasteiger partial charge in [-0.3, -0.25) is 15.0 Å². The third-order valence-corrected chi connectivity index (χ3v) is 7.37. The number of nitrogens with zero attached hydrogens (tertiary/aromatic N) is 1. The number of hydrogen-bond acceptors (Lipinski definition) is 6. The minimum atomic E-state index is -0.347. The van der Waals surface area contributed by atoms with E-state index in [1.54, 1.807) is 35.4 Å². The van der Waals surface area contributed by atoms with Crippen molar-refractivity contribution in [1.82, 2.24) is 10.4 Å². The fourth-order valence-electron chi connectivity index (χ4n) is 2.65. The van der Waals surface area contributed by atoms with Crippen molar-refractivity contribution in [1.29, 1.82) is 0 Å². The fraction of sp³-hybridized carbons (Fsp3) is 0.0455. The summed E-state index contributed by atoms with van der Waals surface area (Å²) in [5, 5.41) is 2.94. The first kappa shape index (κ1) is 20.9.